The fourth-order valence-corrected chi connectivity index (χ4v) is 2.55. The van der Waals surface area contributed by atoms with Crippen molar-refractivity contribution in [2.24, 2.45) is 0 Å². The summed E-state index contributed by atoms with van der Waals surface area (Å²) in [5.74, 6) is -1.23. The van der Waals surface area contributed by atoms with Crippen molar-refractivity contribution in [3.63, 3.8) is 0 Å². The number of anilines is 3. The van der Waals surface area contributed by atoms with Crippen LogP contribution in [0.5, 0.6) is 0 Å². The Bertz CT molecular complexity index is 715. The maximum absolute atomic E-state index is 13.6. The highest BCUT2D eigenvalue weighted by atomic mass is 19.1. The van der Waals surface area contributed by atoms with Crippen molar-refractivity contribution in [3.8, 4) is 0 Å². The Kier molecular flexibility index (Phi) is 3.33. The van der Waals surface area contributed by atoms with E-state index in [4.69, 9.17) is 0 Å². The third-order valence-corrected chi connectivity index (χ3v) is 3.57. The summed E-state index contributed by atoms with van der Waals surface area (Å²) >= 11 is 0. The number of halogens is 2. The highest BCUT2D eigenvalue weighted by Crippen LogP contribution is 2.31. The lowest BCUT2D eigenvalue weighted by Gasteiger charge is -2.15. The van der Waals surface area contributed by atoms with E-state index in [1.54, 1.807) is 11.0 Å². The molecule has 0 unspecified atom stereocenters. The van der Waals surface area contributed by atoms with Crippen molar-refractivity contribution in [1.82, 2.24) is 0 Å². The van der Waals surface area contributed by atoms with Crippen LogP contribution in [-0.4, -0.2) is 12.5 Å². The Morgan fingerprint density at radius 1 is 1.19 bits per heavy atom. The third-order valence-electron chi connectivity index (χ3n) is 3.57. The van der Waals surface area contributed by atoms with Crippen LogP contribution >= 0.6 is 0 Å². The second-order valence-corrected chi connectivity index (χ2v) is 5.01. The zero-order chi connectivity index (χ0) is 15.0. The summed E-state index contributed by atoms with van der Waals surface area (Å²) in [4.78, 5) is 13.2. The topological polar surface area (TPSA) is 32.3 Å². The van der Waals surface area contributed by atoms with E-state index in [-0.39, 0.29) is 11.6 Å². The molecule has 3 rings (SSSR count). The highest BCUT2D eigenvalue weighted by molar-refractivity contribution is 5.94. The normalized spacial score (nSPS) is 13.2. The van der Waals surface area contributed by atoms with Gasteiger partial charge in [0.05, 0.1) is 5.69 Å². The van der Waals surface area contributed by atoms with Crippen molar-refractivity contribution >= 4 is 23.0 Å². The molecule has 1 amide bonds. The van der Waals surface area contributed by atoms with E-state index in [2.05, 4.69) is 5.32 Å². The van der Waals surface area contributed by atoms with E-state index >= 15 is 0 Å². The highest BCUT2D eigenvalue weighted by Gasteiger charge is 2.22. The average molecular weight is 288 g/mol. The van der Waals surface area contributed by atoms with Crippen molar-refractivity contribution in [2.45, 2.75) is 13.3 Å². The lowest BCUT2D eigenvalue weighted by Crippen LogP contribution is -2.25. The summed E-state index contributed by atoms with van der Waals surface area (Å²) in [5.41, 5.74) is 2.87. The lowest BCUT2D eigenvalue weighted by molar-refractivity contribution is -0.116. The van der Waals surface area contributed by atoms with Gasteiger partial charge in [-0.25, -0.2) is 8.78 Å². The van der Waals surface area contributed by atoms with Gasteiger partial charge >= 0.3 is 0 Å². The molecule has 0 spiro atoms. The van der Waals surface area contributed by atoms with Crippen molar-refractivity contribution in [1.29, 1.82) is 0 Å². The van der Waals surface area contributed by atoms with Crippen molar-refractivity contribution < 1.29 is 13.6 Å². The number of hydrogen-bond donors (Lipinski definition) is 1. The predicted octanol–water partition coefficient (Wildman–Crippen LogP) is 3.62. The van der Waals surface area contributed by atoms with Gasteiger partial charge < -0.3 is 10.2 Å². The number of nitrogens with one attached hydrogen (secondary N) is 1. The number of hydrogen-bond acceptors (Lipinski definition) is 2. The summed E-state index contributed by atoms with van der Waals surface area (Å²) in [6.45, 7) is 2.20. The Balaban J connectivity index is 1.87. The Labute approximate surface area is 121 Å². The van der Waals surface area contributed by atoms with Gasteiger partial charge in [0.2, 0.25) is 5.91 Å². The zero-order valence-electron chi connectivity index (χ0n) is 11.5. The third kappa shape index (κ3) is 2.59. The summed E-state index contributed by atoms with van der Waals surface area (Å²) in [6, 6.07) is 8.92. The fraction of sp³-hybridized carbons (Fsp3) is 0.188. The van der Waals surface area contributed by atoms with Gasteiger partial charge in [-0.2, -0.15) is 0 Å². The second kappa shape index (κ2) is 5.16. The lowest BCUT2D eigenvalue weighted by atomic mass is 10.1. The molecule has 1 aliphatic rings. The maximum Gasteiger partial charge on any atom is 0.223 e. The Morgan fingerprint density at radius 2 is 2.00 bits per heavy atom. The Morgan fingerprint density at radius 3 is 2.71 bits per heavy atom. The minimum Gasteiger partial charge on any atom is -0.353 e. The average Bonchev–Trinajstić information content (AvgIpc) is 2.85. The van der Waals surface area contributed by atoms with Crippen LogP contribution in [0.15, 0.2) is 36.4 Å². The van der Waals surface area contributed by atoms with Gasteiger partial charge in [-0.05, 0) is 42.3 Å². The van der Waals surface area contributed by atoms with Gasteiger partial charge in [-0.3, -0.25) is 4.79 Å². The summed E-state index contributed by atoms with van der Waals surface area (Å²) < 4.78 is 26.5. The van der Waals surface area contributed by atoms with Crippen LogP contribution in [0.4, 0.5) is 25.8 Å². The number of benzene rings is 2. The van der Waals surface area contributed by atoms with E-state index in [0.29, 0.717) is 12.2 Å². The number of rotatable bonds is 2. The summed E-state index contributed by atoms with van der Waals surface area (Å²) in [5, 5.41) is 2.93. The largest absolute Gasteiger partial charge is 0.353 e. The molecule has 3 nitrogen and oxygen atoms in total. The Hall–Kier alpha value is -2.43. The number of fused-ring (bicyclic) bond motifs is 1. The molecule has 2 aromatic carbocycles. The van der Waals surface area contributed by atoms with Gasteiger partial charge in [0, 0.05) is 30.9 Å². The van der Waals surface area contributed by atoms with Gasteiger partial charge in [-0.1, -0.05) is 0 Å². The van der Waals surface area contributed by atoms with Crippen LogP contribution in [0.2, 0.25) is 0 Å². The number of nitrogens with zero attached hydrogens (tertiary/aromatic N) is 1. The van der Waals surface area contributed by atoms with Crippen molar-refractivity contribution in [3.05, 3.63) is 53.6 Å². The predicted molar refractivity (Wildman–Crippen MR) is 77.8 cm³/mol. The van der Waals surface area contributed by atoms with E-state index < -0.39 is 11.6 Å². The van der Waals surface area contributed by atoms with Crippen LogP contribution in [0.25, 0.3) is 0 Å². The van der Waals surface area contributed by atoms with Crippen molar-refractivity contribution in [2.75, 3.05) is 16.8 Å². The molecule has 1 N–H and O–H groups in total. The molecular weight excluding hydrogens is 274 g/mol. The van der Waals surface area contributed by atoms with Gasteiger partial charge in [0.25, 0.3) is 0 Å². The second-order valence-electron chi connectivity index (χ2n) is 5.01. The quantitative estimate of drug-likeness (QED) is 0.915. The fourth-order valence-electron chi connectivity index (χ4n) is 2.55. The van der Waals surface area contributed by atoms with Crippen LogP contribution in [-0.2, 0) is 11.2 Å². The molecule has 0 radical (unpaired) electrons. The molecule has 0 fully saturated rings. The molecule has 0 bridgehead atoms. The van der Waals surface area contributed by atoms with E-state index in [1.807, 2.05) is 12.1 Å². The SMILES string of the molecule is CC(=O)N1CCc2cc(Nc3ccc(F)cc3F)ccc21. The van der Waals surface area contributed by atoms with E-state index in [1.165, 1.54) is 19.1 Å². The molecule has 0 saturated heterocycles. The first-order chi connectivity index (χ1) is 10.0. The van der Waals surface area contributed by atoms with E-state index in [0.717, 1.165) is 23.7 Å². The summed E-state index contributed by atoms with van der Waals surface area (Å²) in [7, 11) is 0. The van der Waals surface area contributed by atoms with Crippen LogP contribution < -0.4 is 10.2 Å². The number of carbonyl (C=O) groups excluding carboxylic acids is 1. The first-order valence-electron chi connectivity index (χ1n) is 6.68. The number of carbonyl (C=O) groups is 1. The van der Waals surface area contributed by atoms with E-state index in [9.17, 15) is 13.6 Å². The minimum atomic E-state index is -0.638. The minimum absolute atomic E-state index is 0.0130. The van der Waals surface area contributed by atoms with Crippen LogP contribution in [0.1, 0.15) is 12.5 Å². The molecule has 108 valence electrons. The van der Waals surface area contributed by atoms with Gasteiger partial charge in [0.15, 0.2) is 0 Å². The molecule has 1 heterocycles. The number of amides is 1. The van der Waals surface area contributed by atoms with Crippen LogP contribution in [0, 0.1) is 11.6 Å². The zero-order valence-corrected chi connectivity index (χ0v) is 11.5. The molecule has 0 aliphatic carbocycles. The summed E-state index contributed by atoms with van der Waals surface area (Å²) in [6.07, 6.45) is 0.774. The molecule has 0 atom stereocenters. The van der Waals surface area contributed by atoms with Gasteiger partial charge in [0.1, 0.15) is 11.6 Å². The monoisotopic (exact) mass is 288 g/mol. The standard InChI is InChI=1S/C16H14F2N2O/c1-10(21)20-7-6-11-8-13(3-5-16(11)20)19-15-4-2-12(17)9-14(15)18/h2-5,8-9,19H,6-7H2,1H3. The molecule has 5 heteroatoms. The molecule has 0 saturated carbocycles. The molecule has 2 aromatic rings. The first-order valence-corrected chi connectivity index (χ1v) is 6.68. The van der Waals surface area contributed by atoms with Gasteiger partial charge in [-0.15, -0.1) is 0 Å². The molecule has 21 heavy (non-hydrogen) atoms. The molecular formula is C16H14F2N2O. The smallest absolute Gasteiger partial charge is 0.223 e. The maximum atomic E-state index is 13.6. The molecule has 1 aliphatic heterocycles. The first kappa shape index (κ1) is 13.5. The molecule has 0 aromatic heterocycles. The van der Waals surface area contributed by atoms with Crippen LogP contribution in [0.3, 0.4) is 0 Å².